The van der Waals surface area contributed by atoms with Crippen LogP contribution in [0.5, 0.6) is 0 Å². The van der Waals surface area contributed by atoms with Crippen LogP contribution >= 0.6 is 0 Å². The van der Waals surface area contributed by atoms with E-state index >= 15 is 0 Å². The largest absolute Gasteiger partial charge is 0.306 e. The molecule has 0 amide bonds. The van der Waals surface area contributed by atoms with Gasteiger partial charge in [-0.25, -0.2) is 0 Å². The highest BCUT2D eigenvalue weighted by molar-refractivity contribution is 5.30. The third-order valence-electron chi connectivity index (χ3n) is 4.03. The van der Waals surface area contributed by atoms with Crippen LogP contribution in [0.2, 0.25) is 0 Å². The van der Waals surface area contributed by atoms with Crippen molar-refractivity contribution in [3.63, 3.8) is 0 Å². The molecule has 0 fully saturated rings. The summed E-state index contributed by atoms with van der Waals surface area (Å²) in [4.78, 5) is 0. The van der Waals surface area contributed by atoms with Crippen LogP contribution in [0.3, 0.4) is 0 Å². The molecule has 0 spiro atoms. The second-order valence-electron chi connectivity index (χ2n) is 6.39. The molecule has 0 saturated carbocycles. The van der Waals surface area contributed by atoms with Gasteiger partial charge in [0, 0.05) is 12.6 Å². The summed E-state index contributed by atoms with van der Waals surface area (Å²) in [6, 6.07) is 17.9. The predicted octanol–water partition coefficient (Wildman–Crippen LogP) is 5.18. The van der Waals surface area contributed by atoms with Crippen molar-refractivity contribution < 1.29 is 0 Å². The van der Waals surface area contributed by atoms with Crippen LogP contribution in [-0.2, 0) is 6.54 Å². The van der Waals surface area contributed by atoms with Gasteiger partial charge < -0.3 is 5.32 Å². The van der Waals surface area contributed by atoms with E-state index in [1.54, 1.807) is 0 Å². The molecule has 21 heavy (non-hydrogen) atoms. The van der Waals surface area contributed by atoms with Crippen LogP contribution in [0, 0.1) is 19.8 Å². The monoisotopic (exact) mass is 281 g/mol. The van der Waals surface area contributed by atoms with Crippen LogP contribution < -0.4 is 5.32 Å². The molecule has 0 saturated heterocycles. The van der Waals surface area contributed by atoms with Crippen molar-refractivity contribution in [3.8, 4) is 0 Å². The van der Waals surface area contributed by atoms with Crippen molar-refractivity contribution in [1.82, 2.24) is 5.32 Å². The van der Waals surface area contributed by atoms with Crippen LogP contribution in [0.4, 0.5) is 0 Å². The summed E-state index contributed by atoms with van der Waals surface area (Å²) in [6.45, 7) is 9.84. The minimum Gasteiger partial charge on any atom is -0.306 e. The van der Waals surface area contributed by atoms with Crippen LogP contribution in [-0.4, -0.2) is 0 Å². The molecule has 2 rings (SSSR count). The summed E-state index contributed by atoms with van der Waals surface area (Å²) in [5.41, 5.74) is 5.48. The van der Waals surface area contributed by atoms with Gasteiger partial charge in [0.25, 0.3) is 0 Å². The van der Waals surface area contributed by atoms with Crippen LogP contribution in [0.15, 0.2) is 48.5 Å². The first-order valence-electron chi connectivity index (χ1n) is 7.90. The van der Waals surface area contributed by atoms with Crippen molar-refractivity contribution >= 4 is 0 Å². The van der Waals surface area contributed by atoms with Gasteiger partial charge in [-0.1, -0.05) is 62.4 Å². The summed E-state index contributed by atoms with van der Waals surface area (Å²) < 4.78 is 0. The Morgan fingerprint density at radius 3 is 2.24 bits per heavy atom. The average Bonchev–Trinajstić information content (AvgIpc) is 2.47. The molecule has 0 bridgehead atoms. The Morgan fingerprint density at radius 2 is 1.62 bits per heavy atom. The molecule has 1 unspecified atom stereocenters. The molecule has 2 aromatic rings. The quantitative estimate of drug-likeness (QED) is 0.769. The SMILES string of the molecule is Cc1ccc(CNC(CC(C)C)c2ccccc2)cc1C. The van der Waals surface area contributed by atoms with Gasteiger partial charge in [-0.2, -0.15) is 0 Å². The topological polar surface area (TPSA) is 12.0 Å². The molecule has 0 aromatic heterocycles. The number of hydrogen-bond acceptors (Lipinski definition) is 1. The summed E-state index contributed by atoms with van der Waals surface area (Å²) >= 11 is 0. The molecule has 0 heterocycles. The lowest BCUT2D eigenvalue weighted by Gasteiger charge is -2.21. The zero-order chi connectivity index (χ0) is 15.2. The maximum atomic E-state index is 3.73. The first kappa shape index (κ1) is 15.8. The highest BCUT2D eigenvalue weighted by Crippen LogP contribution is 2.22. The highest BCUT2D eigenvalue weighted by Gasteiger charge is 2.12. The summed E-state index contributed by atoms with van der Waals surface area (Å²) in [5, 5.41) is 3.73. The summed E-state index contributed by atoms with van der Waals surface area (Å²) in [5.74, 6) is 0.683. The average molecular weight is 281 g/mol. The minimum absolute atomic E-state index is 0.424. The van der Waals surface area contributed by atoms with Gasteiger partial charge in [-0.3, -0.25) is 0 Å². The fraction of sp³-hybridized carbons (Fsp3) is 0.400. The number of rotatable bonds is 6. The minimum atomic E-state index is 0.424. The van der Waals surface area contributed by atoms with Gasteiger partial charge in [0.2, 0.25) is 0 Å². The Kier molecular flexibility index (Phi) is 5.58. The Bertz CT molecular complexity index is 557. The van der Waals surface area contributed by atoms with E-state index in [0.29, 0.717) is 12.0 Å². The number of hydrogen-bond donors (Lipinski definition) is 1. The number of nitrogens with one attached hydrogen (secondary N) is 1. The van der Waals surface area contributed by atoms with E-state index in [2.05, 4.69) is 81.5 Å². The highest BCUT2D eigenvalue weighted by atomic mass is 14.9. The van der Waals surface area contributed by atoms with Gasteiger partial charge in [0.05, 0.1) is 0 Å². The van der Waals surface area contributed by atoms with Gasteiger partial charge in [0.15, 0.2) is 0 Å². The second kappa shape index (κ2) is 7.42. The van der Waals surface area contributed by atoms with E-state index in [1.165, 1.54) is 22.3 Å². The molecule has 112 valence electrons. The number of benzene rings is 2. The van der Waals surface area contributed by atoms with Gasteiger partial charge in [0.1, 0.15) is 0 Å². The van der Waals surface area contributed by atoms with Gasteiger partial charge in [-0.15, -0.1) is 0 Å². The Balaban J connectivity index is 2.07. The maximum Gasteiger partial charge on any atom is 0.0325 e. The van der Waals surface area contributed by atoms with Crippen molar-refractivity contribution in [2.24, 2.45) is 5.92 Å². The lowest BCUT2D eigenvalue weighted by molar-refractivity contribution is 0.428. The predicted molar refractivity (Wildman–Crippen MR) is 91.4 cm³/mol. The molecule has 0 radical (unpaired) electrons. The third-order valence-corrected chi connectivity index (χ3v) is 4.03. The standard InChI is InChI=1S/C20H27N/c1-15(2)12-20(19-8-6-5-7-9-19)21-14-18-11-10-16(3)17(4)13-18/h5-11,13,15,20-21H,12,14H2,1-4H3. The van der Waals surface area contributed by atoms with E-state index in [4.69, 9.17) is 0 Å². The van der Waals surface area contributed by atoms with Crippen LogP contribution in [0.1, 0.15) is 48.6 Å². The zero-order valence-corrected chi connectivity index (χ0v) is 13.7. The van der Waals surface area contributed by atoms with E-state index in [9.17, 15) is 0 Å². The number of aryl methyl sites for hydroxylation is 2. The normalized spacial score (nSPS) is 12.6. The van der Waals surface area contributed by atoms with Crippen molar-refractivity contribution in [3.05, 3.63) is 70.8 Å². The molecular formula is C20H27N. The van der Waals surface area contributed by atoms with E-state index in [0.717, 1.165) is 13.0 Å². The summed E-state index contributed by atoms with van der Waals surface area (Å²) in [7, 11) is 0. The molecular weight excluding hydrogens is 254 g/mol. The fourth-order valence-corrected chi connectivity index (χ4v) is 2.65. The lowest BCUT2D eigenvalue weighted by atomic mass is 9.96. The molecule has 1 nitrogen and oxygen atoms in total. The smallest absolute Gasteiger partial charge is 0.0325 e. The van der Waals surface area contributed by atoms with E-state index in [-0.39, 0.29) is 0 Å². The summed E-state index contributed by atoms with van der Waals surface area (Å²) in [6.07, 6.45) is 1.16. The third kappa shape index (κ3) is 4.71. The molecule has 1 atom stereocenters. The first-order valence-corrected chi connectivity index (χ1v) is 7.90. The molecule has 1 N–H and O–H groups in total. The first-order chi connectivity index (χ1) is 10.1. The van der Waals surface area contributed by atoms with E-state index in [1.807, 2.05) is 0 Å². The van der Waals surface area contributed by atoms with Gasteiger partial charge in [-0.05, 0) is 48.4 Å². The maximum absolute atomic E-state index is 3.73. The lowest BCUT2D eigenvalue weighted by Crippen LogP contribution is -2.22. The van der Waals surface area contributed by atoms with Crippen molar-refractivity contribution in [2.75, 3.05) is 0 Å². The second-order valence-corrected chi connectivity index (χ2v) is 6.39. The zero-order valence-electron chi connectivity index (χ0n) is 13.7. The molecule has 0 aliphatic rings. The molecule has 0 aliphatic heterocycles. The van der Waals surface area contributed by atoms with Crippen molar-refractivity contribution in [1.29, 1.82) is 0 Å². The molecule has 1 heteroatoms. The fourth-order valence-electron chi connectivity index (χ4n) is 2.65. The van der Waals surface area contributed by atoms with E-state index < -0.39 is 0 Å². The molecule has 0 aliphatic carbocycles. The Labute approximate surface area is 129 Å². The Morgan fingerprint density at radius 1 is 0.905 bits per heavy atom. The molecule has 2 aromatic carbocycles. The van der Waals surface area contributed by atoms with Gasteiger partial charge >= 0.3 is 0 Å². The van der Waals surface area contributed by atoms with Crippen LogP contribution in [0.25, 0.3) is 0 Å². The Hall–Kier alpha value is -1.60. The van der Waals surface area contributed by atoms with Crippen molar-refractivity contribution in [2.45, 2.75) is 46.7 Å².